The molecule has 3 amide bonds. The van der Waals surface area contributed by atoms with Gasteiger partial charge < -0.3 is 20.7 Å². The Kier molecular flexibility index (Phi) is 10.1. The van der Waals surface area contributed by atoms with Gasteiger partial charge in [0.05, 0.1) is 18.8 Å². The third-order valence-corrected chi connectivity index (χ3v) is 5.44. The highest BCUT2D eigenvalue weighted by molar-refractivity contribution is 9.10. The number of carbonyl (C=O) groups excluding carboxylic acids is 3. The van der Waals surface area contributed by atoms with Crippen LogP contribution >= 0.6 is 15.9 Å². The molecule has 3 N–H and O–H groups in total. The van der Waals surface area contributed by atoms with Gasteiger partial charge in [-0.05, 0) is 60.4 Å². The number of rotatable bonds is 10. The lowest BCUT2D eigenvalue weighted by molar-refractivity contribution is -0.127. The van der Waals surface area contributed by atoms with E-state index >= 15 is 0 Å². The Balaban J connectivity index is 1.62. The van der Waals surface area contributed by atoms with Gasteiger partial charge >= 0.3 is 0 Å². The maximum atomic E-state index is 12.1. The first-order valence-electron chi connectivity index (χ1n) is 9.79. The van der Waals surface area contributed by atoms with E-state index in [2.05, 4.69) is 31.9 Å². The molecule has 1 aliphatic heterocycles. The number of hydrogen-bond donors (Lipinski definition) is 3. The Morgan fingerprint density at radius 2 is 1.86 bits per heavy atom. The first-order chi connectivity index (χ1) is 14.0. The largest absolute Gasteiger partial charge is 0.385 e. The van der Waals surface area contributed by atoms with Gasteiger partial charge in [-0.3, -0.25) is 19.3 Å². The number of halogens is 1. The number of nitrogens with one attached hydrogen (secondary N) is 3. The molecule has 1 aromatic carbocycles. The van der Waals surface area contributed by atoms with Crippen molar-refractivity contribution in [2.24, 2.45) is 5.92 Å². The van der Waals surface area contributed by atoms with E-state index in [0.717, 1.165) is 23.7 Å². The van der Waals surface area contributed by atoms with Crippen LogP contribution in [0.25, 0.3) is 0 Å². The minimum atomic E-state index is -0.283. The van der Waals surface area contributed by atoms with Gasteiger partial charge in [-0.2, -0.15) is 0 Å². The van der Waals surface area contributed by atoms with Crippen molar-refractivity contribution in [1.29, 1.82) is 0 Å². The van der Waals surface area contributed by atoms with Gasteiger partial charge in [-0.1, -0.05) is 12.1 Å². The molecule has 29 heavy (non-hydrogen) atoms. The summed E-state index contributed by atoms with van der Waals surface area (Å²) >= 11 is 3.36. The standard InChI is InChI=1S/C20H29BrN4O4/c1-29-12-4-9-22-20(28)15-7-10-25(11-8-15)14-19(27)23-13-18(26)24-17-6-3-2-5-16(17)21/h2-3,5-6,15H,4,7-14H2,1H3,(H,22,28)(H,23,27)(H,24,26). The molecule has 0 aromatic heterocycles. The van der Waals surface area contributed by atoms with Gasteiger partial charge in [0.15, 0.2) is 0 Å². The molecule has 0 aliphatic carbocycles. The van der Waals surface area contributed by atoms with Crippen LogP contribution in [0.3, 0.4) is 0 Å². The molecular formula is C20H29BrN4O4. The number of nitrogens with zero attached hydrogens (tertiary/aromatic N) is 1. The maximum absolute atomic E-state index is 12.1. The van der Waals surface area contributed by atoms with Crippen molar-refractivity contribution in [2.75, 3.05) is 51.8 Å². The molecule has 1 saturated heterocycles. The molecule has 9 heteroatoms. The van der Waals surface area contributed by atoms with Gasteiger partial charge in [0.2, 0.25) is 17.7 Å². The Morgan fingerprint density at radius 3 is 2.55 bits per heavy atom. The van der Waals surface area contributed by atoms with Crippen LogP contribution in [0.1, 0.15) is 19.3 Å². The molecule has 0 atom stereocenters. The van der Waals surface area contributed by atoms with Gasteiger partial charge in [-0.25, -0.2) is 0 Å². The zero-order valence-electron chi connectivity index (χ0n) is 16.7. The molecule has 160 valence electrons. The van der Waals surface area contributed by atoms with Crippen LogP contribution in [0.4, 0.5) is 5.69 Å². The van der Waals surface area contributed by atoms with Gasteiger partial charge in [0.1, 0.15) is 0 Å². The fraction of sp³-hybridized carbons (Fsp3) is 0.550. The minimum Gasteiger partial charge on any atom is -0.385 e. The summed E-state index contributed by atoms with van der Waals surface area (Å²) in [6.07, 6.45) is 2.26. The summed E-state index contributed by atoms with van der Waals surface area (Å²) in [6.45, 7) is 2.77. The number of para-hydroxylation sites is 1. The summed E-state index contributed by atoms with van der Waals surface area (Å²) in [7, 11) is 1.64. The number of likely N-dealkylation sites (tertiary alicyclic amines) is 1. The molecule has 0 radical (unpaired) electrons. The molecule has 1 aliphatic rings. The lowest BCUT2D eigenvalue weighted by Gasteiger charge is -2.30. The van der Waals surface area contributed by atoms with Crippen LogP contribution in [0, 0.1) is 5.92 Å². The van der Waals surface area contributed by atoms with Crippen molar-refractivity contribution in [2.45, 2.75) is 19.3 Å². The average Bonchev–Trinajstić information content (AvgIpc) is 2.72. The molecule has 8 nitrogen and oxygen atoms in total. The number of carbonyl (C=O) groups is 3. The Morgan fingerprint density at radius 1 is 1.14 bits per heavy atom. The van der Waals surface area contributed by atoms with Crippen molar-refractivity contribution in [3.8, 4) is 0 Å². The fourth-order valence-corrected chi connectivity index (χ4v) is 3.50. The SMILES string of the molecule is COCCCNC(=O)C1CCN(CC(=O)NCC(=O)Nc2ccccc2Br)CC1. The molecule has 2 rings (SSSR count). The number of hydrogen-bond acceptors (Lipinski definition) is 5. The van der Waals surface area contributed by atoms with E-state index < -0.39 is 0 Å². The first-order valence-corrected chi connectivity index (χ1v) is 10.6. The highest BCUT2D eigenvalue weighted by Gasteiger charge is 2.25. The highest BCUT2D eigenvalue weighted by atomic mass is 79.9. The Hall–Kier alpha value is -1.97. The second-order valence-corrected chi connectivity index (χ2v) is 7.85. The predicted octanol–water partition coefficient (Wildman–Crippen LogP) is 1.37. The molecule has 0 saturated carbocycles. The summed E-state index contributed by atoms with van der Waals surface area (Å²) in [6, 6.07) is 7.29. The molecule has 1 heterocycles. The average molecular weight is 469 g/mol. The summed E-state index contributed by atoms with van der Waals surface area (Å²) in [5, 5.41) is 8.32. The number of anilines is 1. The van der Waals surface area contributed by atoms with Crippen molar-refractivity contribution < 1.29 is 19.1 Å². The minimum absolute atomic E-state index is 0.00745. The van der Waals surface area contributed by atoms with E-state index in [1.54, 1.807) is 13.2 Å². The van der Waals surface area contributed by atoms with E-state index in [1.807, 2.05) is 23.1 Å². The van der Waals surface area contributed by atoms with Crippen molar-refractivity contribution in [3.63, 3.8) is 0 Å². The van der Waals surface area contributed by atoms with Crippen LogP contribution < -0.4 is 16.0 Å². The molecular weight excluding hydrogens is 440 g/mol. The summed E-state index contributed by atoms with van der Waals surface area (Å²) < 4.78 is 5.75. The monoisotopic (exact) mass is 468 g/mol. The van der Waals surface area contributed by atoms with E-state index in [-0.39, 0.29) is 36.7 Å². The number of methoxy groups -OCH3 is 1. The normalized spacial score (nSPS) is 15.0. The number of ether oxygens (including phenoxy) is 1. The quantitative estimate of drug-likeness (QED) is 0.450. The molecule has 0 unspecified atom stereocenters. The summed E-state index contributed by atoms with van der Waals surface area (Å²) in [4.78, 5) is 38.3. The third kappa shape index (κ3) is 8.51. The predicted molar refractivity (Wildman–Crippen MR) is 114 cm³/mol. The Bertz CT molecular complexity index is 693. The van der Waals surface area contributed by atoms with E-state index in [0.29, 0.717) is 31.9 Å². The highest BCUT2D eigenvalue weighted by Crippen LogP contribution is 2.21. The maximum Gasteiger partial charge on any atom is 0.243 e. The van der Waals surface area contributed by atoms with E-state index in [9.17, 15) is 14.4 Å². The van der Waals surface area contributed by atoms with E-state index in [4.69, 9.17) is 4.74 Å². The van der Waals surface area contributed by atoms with Gasteiger partial charge in [0, 0.05) is 30.7 Å². The Labute approximate surface area is 179 Å². The third-order valence-electron chi connectivity index (χ3n) is 4.74. The molecule has 1 fully saturated rings. The molecule has 1 aromatic rings. The van der Waals surface area contributed by atoms with Gasteiger partial charge in [0.25, 0.3) is 0 Å². The van der Waals surface area contributed by atoms with Crippen LogP contribution in [0.15, 0.2) is 28.7 Å². The van der Waals surface area contributed by atoms with Crippen molar-refractivity contribution in [3.05, 3.63) is 28.7 Å². The van der Waals surface area contributed by atoms with Crippen LogP contribution in [0.2, 0.25) is 0 Å². The van der Waals surface area contributed by atoms with Crippen molar-refractivity contribution in [1.82, 2.24) is 15.5 Å². The topological polar surface area (TPSA) is 99.8 Å². The van der Waals surface area contributed by atoms with E-state index in [1.165, 1.54) is 0 Å². The van der Waals surface area contributed by atoms with Gasteiger partial charge in [-0.15, -0.1) is 0 Å². The van der Waals surface area contributed by atoms with Crippen molar-refractivity contribution >= 4 is 39.3 Å². The lowest BCUT2D eigenvalue weighted by Crippen LogP contribution is -2.45. The van der Waals surface area contributed by atoms with Crippen LogP contribution in [-0.2, 0) is 19.1 Å². The van der Waals surface area contributed by atoms with Crippen LogP contribution in [0.5, 0.6) is 0 Å². The number of amides is 3. The smallest absolute Gasteiger partial charge is 0.243 e. The molecule has 0 spiro atoms. The first kappa shape index (κ1) is 23.3. The van der Waals surface area contributed by atoms with Crippen LogP contribution in [-0.4, -0.2) is 69.1 Å². The second-order valence-electron chi connectivity index (χ2n) is 6.99. The second kappa shape index (κ2) is 12.6. The zero-order chi connectivity index (χ0) is 21.1. The molecule has 0 bridgehead atoms. The zero-order valence-corrected chi connectivity index (χ0v) is 18.3. The number of benzene rings is 1. The fourth-order valence-electron chi connectivity index (χ4n) is 3.12. The summed E-state index contributed by atoms with van der Waals surface area (Å²) in [5.74, 6) is -0.412. The number of piperidine rings is 1. The summed E-state index contributed by atoms with van der Waals surface area (Å²) in [5.41, 5.74) is 0.661. The lowest BCUT2D eigenvalue weighted by atomic mass is 9.96.